The van der Waals surface area contributed by atoms with Gasteiger partial charge in [0.2, 0.25) is 11.6 Å². The molecule has 1 fully saturated rings. The van der Waals surface area contributed by atoms with Gasteiger partial charge in [-0.2, -0.15) is 0 Å². The van der Waals surface area contributed by atoms with Gasteiger partial charge in [0.25, 0.3) is 0 Å². The number of carboxylic acids is 1. The van der Waals surface area contributed by atoms with E-state index in [1.807, 2.05) is 26.0 Å². The highest BCUT2D eigenvalue weighted by molar-refractivity contribution is 5.99. The van der Waals surface area contributed by atoms with Crippen LogP contribution in [0.5, 0.6) is 0 Å². The molecule has 1 unspecified atom stereocenters. The molecule has 124 valence electrons. The number of carboxylic acid groups (broad SMARTS) is 1. The Kier molecular flexibility index (Phi) is 4.82. The van der Waals surface area contributed by atoms with E-state index in [9.17, 15) is 18.8 Å². The molecule has 5 nitrogen and oxygen atoms in total. The van der Waals surface area contributed by atoms with Crippen molar-refractivity contribution in [2.45, 2.75) is 38.8 Å². The van der Waals surface area contributed by atoms with E-state index in [4.69, 9.17) is 5.11 Å². The first-order valence-corrected chi connectivity index (χ1v) is 7.53. The number of nitrogens with zero attached hydrogens (tertiary/aromatic N) is 1. The fourth-order valence-corrected chi connectivity index (χ4v) is 2.71. The number of amides is 1. The summed E-state index contributed by atoms with van der Waals surface area (Å²) in [5.41, 5.74) is 0.0354. The summed E-state index contributed by atoms with van der Waals surface area (Å²) in [5, 5.41) is 8.83. The second kappa shape index (κ2) is 6.48. The molecule has 1 amide bonds. The normalized spacial score (nSPS) is 20.6. The number of Topliss-reactive ketones (excluding diaryl/α,β-unsaturated/α-hetero) is 1. The van der Waals surface area contributed by atoms with Crippen molar-refractivity contribution in [3.8, 4) is 0 Å². The highest BCUT2D eigenvalue weighted by Crippen LogP contribution is 2.26. The highest BCUT2D eigenvalue weighted by Gasteiger charge is 2.46. The summed E-state index contributed by atoms with van der Waals surface area (Å²) in [7, 11) is 0. The zero-order valence-electron chi connectivity index (χ0n) is 13.3. The van der Waals surface area contributed by atoms with Crippen molar-refractivity contribution >= 4 is 17.7 Å². The Balaban J connectivity index is 1.94. The number of hydrogen-bond donors (Lipinski definition) is 1. The fourth-order valence-electron chi connectivity index (χ4n) is 2.71. The number of aryl methyl sites for hydroxylation is 2. The van der Waals surface area contributed by atoms with Gasteiger partial charge in [-0.25, -0.2) is 9.18 Å². The number of aliphatic carboxylic acids is 1. The number of rotatable bonds is 5. The Hall–Kier alpha value is -2.24. The number of alkyl halides is 1. The highest BCUT2D eigenvalue weighted by atomic mass is 19.1. The molecular weight excluding hydrogens is 301 g/mol. The fraction of sp³-hybridized carbons (Fsp3) is 0.471. The van der Waals surface area contributed by atoms with Crippen molar-refractivity contribution in [2.24, 2.45) is 0 Å². The summed E-state index contributed by atoms with van der Waals surface area (Å²) in [6.07, 6.45) is -0.215. The minimum Gasteiger partial charge on any atom is -0.479 e. The molecule has 0 aromatic heterocycles. The van der Waals surface area contributed by atoms with Crippen LogP contribution >= 0.6 is 0 Å². The lowest BCUT2D eigenvalue weighted by atomic mass is 9.99. The average molecular weight is 321 g/mol. The number of carbonyl (C=O) groups is 3. The van der Waals surface area contributed by atoms with Gasteiger partial charge < -0.3 is 10.0 Å². The maximum atomic E-state index is 13.9. The number of benzene rings is 1. The summed E-state index contributed by atoms with van der Waals surface area (Å²) in [4.78, 5) is 36.3. The first-order valence-electron chi connectivity index (χ1n) is 7.53. The van der Waals surface area contributed by atoms with Gasteiger partial charge in [0.15, 0.2) is 5.78 Å². The van der Waals surface area contributed by atoms with E-state index < -0.39 is 18.2 Å². The van der Waals surface area contributed by atoms with Gasteiger partial charge >= 0.3 is 5.97 Å². The molecule has 0 aliphatic carbocycles. The zero-order valence-corrected chi connectivity index (χ0v) is 13.3. The van der Waals surface area contributed by atoms with Crippen LogP contribution in [0.15, 0.2) is 18.2 Å². The van der Waals surface area contributed by atoms with E-state index in [-0.39, 0.29) is 37.5 Å². The molecule has 2 rings (SSSR count). The molecule has 6 heteroatoms. The molecule has 1 aromatic rings. The Morgan fingerprint density at radius 2 is 1.96 bits per heavy atom. The third kappa shape index (κ3) is 3.75. The van der Waals surface area contributed by atoms with Crippen LogP contribution < -0.4 is 0 Å². The third-order valence-corrected chi connectivity index (χ3v) is 4.21. The summed E-state index contributed by atoms with van der Waals surface area (Å²) >= 11 is 0. The van der Waals surface area contributed by atoms with Crippen molar-refractivity contribution < 1.29 is 23.9 Å². The van der Waals surface area contributed by atoms with Gasteiger partial charge in [0, 0.05) is 31.4 Å². The molecule has 0 spiro atoms. The zero-order chi connectivity index (χ0) is 17.2. The monoisotopic (exact) mass is 321 g/mol. The van der Waals surface area contributed by atoms with Gasteiger partial charge in [-0.1, -0.05) is 17.7 Å². The molecule has 23 heavy (non-hydrogen) atoms. The van der Waals surface area contributed by atoms with Gasteiger partial charge in [0.1, 0.15) is 0 Å². The van der Waals surface area contributed by atoms with Crippen molar-refractivity contribution in [2.75, 3.05) is 13.1 Å². The molecule has 1 N–H and O–H groups in total. The van der Waals surface area contributed by atoms with Gasteiger partial charge in [-0.05, 0) is 25.5 Å². The minimum absolute atomic E-state index is 0.0337. The van der Waals surface area contributed by atoms with Crippen molar-refractivity contribution in [1.29, 1.82) is 0 Å². The minimum atomic E-state index is -2.37. The predicted molar refractivity (Wildman–Crippen MR) is 82.2 cm³/mol. The van der Waals surface area contributed by atoms with Crippen LogP contribution in [0.2, 0.25) is 0 Å². The molecule has 1 atom stereocenters. The van der Waals surface area contributed by atoms with E-state index in [2.05, 4.69) is 0 Å². The molecule has 1 heterocycles. The number of likely N-dealkylation sites (tertiary alicyclic amines) is 1. The van der Waals surface area contributed by atoms with Gasteiger partial charge in [-0.3, -0.25) is 9.59 Å². The van der Waals surface area contributed by atoms with Crippen LogP contribution in [0.25, 0.3) is 0 Å². The largest absolute Gasteiger partial charge is 0.479 e. The molecule has 0 saturated carbocycles. The molecular formula is C17H20FNO4. The van der Waals surface area contributed by atoms with E-state index in [0.29, 0.717) is 5.56 Å². The summed E-state index contributed by atoms with van der Waals surface area (Å²) in [5.74, 6) is -2.06. The summed E-state index contributed by atoms with van der Waals surface area (Å²) in [6.45, 7) is 3.34. The maximum absolute atomic E-state index is 13.9. The van der Waals surface area contributed by atoms with E-state index >= 15 is 0 Å². The van der Waals surface area contributed by atoms with Crippen LogP contribution in [0.1, 0.15) is 40.7 Å². The second-order valence-electron chi connectivity index (χ2n) is 6.08. The lowest BCUT2D eigenvalue weighted by Gasteiger charge is -2.17. The van der Waals surface area contributed by atoms with Crippen molar-refractivity contribution in [3.63, 3.8) is 0 Å². The number of carbonyl (C=O) groups excluding carboxylic acids is 2. The van der Waals surface area contributed by atoms with Crippen LogP contribution in [0.4, 0.5) is 4.39 Å². The van der Waals surface area contributed by atoms with E-state index in [1.165, 1.54) is 4.90 Å². The number of ketones is 1. The van der Waals surface area contributed by atoms with E-state index in [0.717, 1.165) is 11.1 Å². The Morgan fingerprint density at radius 3 is 2.57 bits per heavy atom. The third-order valence-electron chi connectivity index (χ3n) is 4.21. The number of halogens is 1. The molecule has 1 aromatic carbocycles. The maximum Gasteiger partial charge on any atom is 0.343 e. The SMILES string of the molecule is Cc1ccc(C)c(C(=O)CCC(=O)N2CCC(F)(C(=O)O)C2)c1. The smallest absolute Gasteiger partial charge is 0.343 e. The Morgan fingerprint density at radius 1 is 1.26 bits per heavy atom. The average Bonchev–Trinajstić information content (AvgIpc) is 2.91. The lowest BCUT2D eigenvalue weighted by Crippen LogP contribution is -2.38. The van der Waals surface area contributed by atoms with Crippen LogP contribution in [-0.4, -0.2) is 46.4 Å². The summed E-state index contributed by atoms with van der Waals surface area (Å²) in [6, 6.07) is 5.55. The van der Waals surface area contributed by atoms with E-state index in [1.54, 1.807) is 6.07 Å². The molecule has 0 bridgehead atoms. The van der Waals surface area contributed by atoms with Crippen LogP contribution in [-0.2, 0) is 9.59 Å². The standard InChI is InChI=1S/C17H20FNO4/c1-11-3-4-12(2)13(9-11)14(20)5-6-15(21)19-8-7-17(18,10-19)16(22)23/h3-4,9H,5-8,10H2,1-2H3,(H,22,23). The van der Waals surface area contributed by atoms with Crippen LogP contribution in [0.3, 0.4) is 0 Å². The predicted octanol–water partition coefficient (Wildman–Crippen LogP) is 2.29. The van der Waals surface area contributed by atoms with Crippen LogP contribution in [0, 0.1) is 13.8 Å². The van der Waals surface area contributed by atoms with Crippen molar-refractivity contribution in [1.82, 2.24) is 4.90 Å². The lowest BCUT2D eigenvalue weighted by molar-refractivity contribution is -0.150. The van der Waals surface area contributed by atoms with Gasteiger partial charge in [0.05, 0.1) is 6.54 Å². The van der Waals surface area contributed by atoms with Gasteiger partial charge in [-0.15, -0.1) is 0 Å². The Bertz CT molecular complexity index is 658. The second-order valence-corrected chi connectivity index (χ2v) is 6.08. The van der Waals surface area contributed by atoms with Crippen molar-refractivity contribution in [3.05, 3.63) is 34.9 Å². The molecule has 1 aliphatic rings. The topological polar surface area (TPSA) is 74.7 Å². The Labute approximate surface area is 134 Å². The first-order chi connectivity index (χ1) is 10.7. The summed E-state index contributed by atoms with van der Waals surface area (Å²) < 4.78 is 13.9. The first kappa shape index (κ1) is 17.1. The molecule has 1 aliphatic heterocycles. The molecule has 1 saturated heterocycles. The number of hydrogen-bond acceptors (Lipinski definition) is 3. The molecule has 0 radical (unpaired) electrons. The quantitative estimate of drug-likeness (QED) is 0.844.